The number of ether oxygens (including phenoxy) is 2. The third-order valence-electron chi connectivity index (χ3n) is 5.48. The molecule has 0 spiro atoms. The highest BCUT2D eigenvalue weighted by molar-refractivity contribution is 8.18. The lowest BCUT2D eigenvalue weighted by molar-refractivity contribution is -0.137. The molecule has 1 aliphatic heterocycles. The van der Waals surface area contributed by atoms with Gasteiger partial charge in [0.2, 0.25) is 5.91 Å². The molecule has 1 aliphatic rings. The van der Waals surface area contributed by atoms with Crippen molar-refractivity contribution in [2.75, 3.05) is 19.0 Å². The predicted molar refractivity (Wildman–Crippen MR) is 136 cm³/mol. The van der Waals surface area contributed by atoms with Gasteiger partial charge < -0.3 is 14.8 Å². The van der Waals surface area contributed by atoms with Crippen molar-refractivity contribution in [3.8, 4) is 11.5 Å². The molecule has 4 rings (SSSR count). The van der Waals surface area contributed by atoms with Crippen molar-refractivity contribution in [3.63, 3.8) is 0 Å². The molecule has 0 saturated carbocycles. The summed E-state index contributed by atoms with van der Waals surface area (Å²) in [6.45, 7) is -0.714. The van der Waals surface area contributed by atoms with E-state index in [0.29, 0.717) is 39.3 Å². The topological polar surface area (TPSA) is 84.9 Å². The molecule has 1 saturated heterocycles. The molecule has 0 bridgehead atoms. The molecule has 7 nitrogen and oxygen atoms in total. The fraction of sp³-hybridized carbons (Fsp3) is 0.148. The molecular weight excluding hydrogens is 540 g/mol. The zero-order chi connectivity index (χ0) is 28.2. The summed E-state index contributed by atoms with van der Waals surface area (Å²) in [5, 5.41) is 1.56. The molecule has 0 aliphatic carbocycles. The molecule has 1 fully saturated rings. The molecule has 202 valence electrons. The summed E-state index contributed by atoms with van der Waals surface area (Å²) in [6.07, 6.45) is -3.16. The summed E-state index contributed by atoms with van der Waals surface area (Å²) in [7, 11) is 1.41. The van der Waals surface area contributed by atoms with Crippen molar-refractivity contribution < 1.29 is 41.4 Å². The molecule has 3 amide bonds. The molecule has 3 aromatic rings. The Hall–Kier alpha value is -4.32. The van der Waals surface area contributed by atoms with Gasteiger partial charge in [0.1, 0.15) is 19.0 Å². The van der Waals surface area contributed by atoms with Crippen LogP contribution in [0.15, 0.2) is 71.6 Å². The van der Waals surface area contributed by atoms with E-state index in [-0.39, 0.29) is 17.2 Å². The van der Waals surface area contributed by atoms with E-state index in [9.17, 15) is 31.9 Å². The van der Waals surface area contributed by atoms with Gasteiger partial charge in [-0.2, -0.15) is 13.2 Å². The van der Waals surface area contributed by atoms with Crippen molar-refractivity contribution in [1.29, 1.82) is 0 Å². The number of carbonyl (C=O) groups excluding carboxylic acids is 3. The molecule has 3 aromatic carbocycles. The van der Waals surface area contributed by atoms with E-state index < -0.39 is 41.2 Å². The highest BCUT2D eigenvalue weighted by Crippen LogP contribution is 2.35. The van der Waals surface area contributed by atoms with E-state index in [4.69, 9.17) is 9.47 Å². The third kappa shape index (κ3) is 6.77. The lowest BCUT2D eigenvalue weighted by Crippen LogP contribution is -2.36. The Morgan fingerprint density at radius 3 is 2.51 bits per heavy atom. The largest absolute Gasteiger partial charge is 0.493 e. The molecular formula is C27H20F4N2O5S. The highest BCUT2D eigenvalue weighted by Gasteiger charge is 2.36. The lowest BCUT2D eigenvalue weighted by atomic mass is 10.1. The number of benzene rings is 3. The Bertz CT molecular complexity index is 1460. The fourth-order valence-electron chi connectivity index (χ4n) is 3.57. The minimum atomic E-state index is -4.59. The maximum absolute atomic E-state index is 13.9. The molecule has 12 heteroatoms. The van der Waals surface area contributed by atoms with Gasteiger partial charge in [-0.1, -0.05) is 30.3 Å². The van der Waals surface area contributed by atoms with Crippen LogP contribution in [0.1, 0.15) is 16.7 Å². The van der Waals surface area contributed by atoms with E-state index in [2.05, 4.69) is 5.32 Å². The molecule has 1 N–H and O–H groups in total. The average Bonchev–Trinajstić information content (AvgIpc) is 3.15. The maximum atomic E-state index is 13.9. The summed E-state index contributed by atoms with van der Waals surface area (Å²) in [6, 6.07) is 14.9. The number of rotatable bonds is 8. The number of alkyl halides is 3. The van der Waals surface area contributed by atoms with E-state index in [0.717, 1.165) is 18.2 Å². The molecule has 0 atom stereocenters. The first kappa shape index (κ1) is 27.7. The number of nitrogens with zero attached hydrogens (tertiary/aromatic N) is 1. The Morgan fingerprint density at radius 2 is 1.79 bits per heavy atom. The third-order valence-corrected chi connectivity index (χ3v) is 6.38. The van der Waals surface area contributed by atoms with Crippen LogP contribution in [0.2, 0.25) is 0 Å². The van der Waals surface area contributed by atoms with Crippen LogP contribution in [0.25, 0.3) is 6.08 Å². The second kappa shape index (κ2) is 11.6. The van der Waals surface area contributed by atoms with Gasteiger partial charge in [-0.3, -0.25) is 19.3 Å². The highest BCUT2D eigenvalue weighted by atomic mass is 32.2. The molecule has 0 aromatic heterocycles. The second-order valence-electron chi connectivity index (χ2n) is 8.18. The van der Waals surface area contributed by atoms with E-state index >= 15 is 0 Å². The molecule has 39 heavy (non-hydrogen) atoms. The quantitative estimate of drug-likeness (QED) is 0.265. The van der Waals surface area contributed by atoms with Crippen LogP contribution in [-0.2, 0) is 22.4 Å². The zero-order valence-electron chi connectivity index (χ0n) is 20.3. The Morgan fingerprint density at radius 1 is 1.03 bits per heavy atom. The Kier molecular flexibility index (Phi) is 8.24. The predicted octanol–water partition coefficient (Wildman–Crippen LogP) is 6.11. The standard InChI is InChI=1S/C27H20F4N2O5S/c1-37-22-11-16(9-10-21(22)38-15-17-5-2-3-8-20(17)28)12-23-25(35)33(26(36)39-23)14-24(34)32-19-7-4-6-18(13-19)27(29,30)31/h2-13H,14-15H2,1H3,(H,32,34)/b23-12-. The van der Waals surface area contributed by atoms with Gasteiger partial charge in [0.15, 0.2) is 11.5 Å². The van der Waals surface area contributed by atoms with Crippen molar-refractivity contribution >= 4 is 40.6 Å². The first-order valence-electron chi connectivity index (χ1n) is 11.3. The van der Waals surface area contributed by atoms with Crippen LogP contribution in [0.3, 0.4) is 0 Å². The van der Waals surface area contributed by atoms with Crippen LogP contribution in [-0.4, -0.2) is 35.6 Å². The van der Waals surface area contributed by atoms with E-state index in [1.54, 1.807) is 36.4 Å². The van der Waals surface area contributed by atoms with Crippen LogP contribution >= 0.6 is 11.8 Å². The summed E-state index contributed by atoms with van der Waals surface area (Å²) in [5.41, 5.74) is -0.228. The van der Waals surface area contributed by atoms with Gasteiger partial charge in [0, 0.05) is 11.3 Å². The van der Waals surface area contributed by atoms with Crippen LogP contribution in [0.4, 0.5) is 28.0 Å². The second-order valence-corrected chi connectivity index (χ2v) is 9.18. The number of nitrogens with one attached hydrogen (secondary N) is 1. The van der Waals surface area contributed by atoms with Gasteiger partial charge in [0.05, 0.1) is 17.6 Å². The minimum absolute atomic E-state index is 0.0361. The van der Waals surface area contributed by atoms with Gasteiger partial charge in [-0.25, -0.2) is 4.39 Å². The maximum Gasteiger partial charge on any atom is 0.416 e. The number of halogens is 4. The van der Waals surface area contributed by atoms with Gasteiger partial charge >= 0.3 is 6.18 Å². The lowest BCUT2D eigenvalue weighted by Gasteiger charge is -2.13. The van der Waals surface area contributed by atoms with Crippen LogP contribution < -0.4 is 14.8 Å². The molecule has 0 unspecified atom stereocenters. The molecule has 1 heterocycles. The zero-order valence-corrected chi connectivity index (χ0v) is 21.1. The number of methoxy groups -OCH3 is 1. The minimum Gasteiger partial charge on any atom is -0.493 e. The van der Waals surface area contributed by atoms with Crippen LogP contribution in [0, 0.1) is 5.82 Å². The summed E-state index contributed by atoms with van der Waals surface area (Å²) < 4.78 is 63.6. The van der Waals surface area contributed by atoms with Crippen molar-refractivity contribution in [1.82, 2.24) is 4.90 Å². The van der Waals surface area contributed by atoms with E-state index in [1.165, 1.54) is 25.3 Å². The fourth-order valence-corrected chi connectivity index (χ4v) is 4.41. The number of thioether (sulfide) groups is 1. The van der Waals surface area contributed by atoms with Gasteiger partial charge in [-0.15, -0.1) is 0 Å². The first-order chi connectivity index (χ1) is 18.5. The Balaban J connectivity index is 1.42. The van der Waals surface area contributed by atoms with Crippen molar-refractivity contribution in [2.45, 2.75) is 12.8 Å². The summed E-state index contributed by atoms with van der Waals surface area (Å²) >= 11 is 0.614. The van der Waals surface area contributed by atoms with E-state index in [1.807, 2.05) is 0 Å². The van der Waals surface area contributed by atoms with Gasteiger partial charge in [0.25, 0.3) is 11.1 Å². The van der Waals surface area contributed by atoms with Crippen molar-refractivity contribution in [2.24, 2.45) is 0 Å². The molecule has 0 radical (unpaired) electrons. The number of hydrogen-bond acceptors (Lipinski definition) is 6. The number of carbonyl (C=O) groups is 3. The van der Waals surface area contributed by atoms with Gasteiger partial charge in [-0.05, 0) is 59.8 Å². The SMILES string of the molecule is COc1cc(/C=C2\SC(=O)N(CC(=O)Nc3cccc(C(F)(F)F)c3)C2=O)ccc1OCc1ccccc1F. The normalized spacial score (nSPS) is 14.6. The van der Waals surface area contributed by atoms with Crippen LogP contribution in [0.5, 0.6) is 11.5 Å². The number of hydrogen-bond donors (Lipinski definition) is 1. The Labute approximate surface area is 224 Å². The number of anilines is 1. The monoisotopic (exact) mass is 560 g/mol. The average molecular weight is 561 g/mol. The smallest absolute Gasteiger partial charge is 0.416 e. The summed E-state index contributed by atoms with van der Waals surface area (Å²) in [4.78, 5) is 38.3. The summed E-state index contributed by atoms with van der Waals surface area (Å²) in [5.74, 6) is -1.34. The number of amides is 3. The first-order valence-corrected chi connectivity index (χ1v) is 12.1. The number of imide groups is 1. The van der Waals surface area contributed by atoms with Crippen molar-refractivity contribution in [3.05, 3.63) is 94.1 Å².